The average molecular weight is 389 g/mol. The van der Waals surface area contributed by atoms with Crippen molar-refractivity contribution < 1.29 is 19.2 Å². The van der Waals surface area contributed by atoms with Crippen molar-refractivity contribution in [2.75, 3.05) is 13.1 Å². The fourth-order valence-electron chi connectivity index (χ4n) is 3.97. The first-order chi connectivity index (χ1) is 12.9. The van der Waals surface area contributed by atoms with Crippen molar-refractivity contribution in [2.24, 2.45) is 10.8 Å². The van der Waals surface area contributed by atoms with Crippen molar-refractivity contribution in [3.8, 4) is 0 Å². The van der Waals surface area contributed by atoms with Gasteiger partial charge in [0.2, 0.25) is 11.8 Å². The molecule has 4 amide bonds. The van der Waals surface area contributed by atoms with E-state index in [1.165, 1.54) is 9.80 Å². The van der Waals surface area contributed by atoms with Crippen LogP contribution in [-0.2, 0) is 19.2 Å². The topological polar surface area (TPSA) is 74.8 Å². The predicted octanol–water partition coefficient (Wildman–Crippen LogP) is 3.23. The summed E-state index contributed by atoms with van der Waals surface area (Å²) in [5.41, 5.74) is -0.214. The molecule has 2 rings (SSSR count). The number of likely N-dealkylation sites (tertiary alicyclic amines) is 2. The SMILES string of the molecule is C=C1CC(C)(C)C(=O)N(CCCCCCN2C(=O)C(=C)CC(C)(C)C2=O)C1=O. The lowest BCUT2D eigenvalue weighted by atomic mass is 9.80. The fraction of sp³-hybridized carbons (Fsp3) is 0.636. The lowest BCUT2D eigenvalue weighted by Gasteiger charge is -2.37. The molecule has 2 aliphatic heterocycles. The molecule has 6 nitrogen and oxygen atoms in total. The zero-order valence-corrected chi connectivity index (χ0v) is 17.6. The highest BCUT2D eigenvalue weighted by atomic mass is 16.2. The van der Waals surface area contributed by atoms with E-state index in [2.05, 4.69) is 13.2 Å². The van der Waals surface area contributed by atoms with Crippen LogP contribution in [0.2, 0.25) is 0 Å². The molecule has 0 saturated carbocycles. The van der Waals surface area contributed by atoms with Gasteiger partial charge in [-0.25, -0.2) is 0 Å². The van der Waals surface area contributed by atoms with Gasteiger partial charge < -0.3 is 0 Å². The van der Waals surface area contributed by atoms with Crippen LogP contribution in [-0.4, -0.2) is 46.5 Å². The fourth-order valence-corrected chi connectivity index (χ4v) is 3.97. The van der Waals surface area contributed by atoms with E-state index in [9.17, 15) is 19.2 Å². The summed E-state index contributed by atoms with van der Waals surface area (Å²) in [6.45, 7) is 15.7. The van der Waals surface area contributed by atoms with Gasteiger partial charge in [-0.15, -0.1) is 0 Å². The van der Waals surface area contributed by atoms with Gasteiger partial charge in [0.15, 0.2) is 0 Å². The number of hydrogen-bond acceptors (Lipinski definition) is 4. The lowest BCUT2D eigenvalue weighted by Crippen LogP contribution is -2.50. The first-order valence-corrected chi connectivity index (χ1v) is 9.96. The van der Waals surface area contributed by atoms with Crippen LogP contribution in [0.4, 0.5) is 0 Å². The van der Waals surface area contributed by atoms with Gasteiger partial charge in [-0.05, 0) is 25.7 Å². The Kier molecular flexibility index (Phi) is 6.31. The Morgan fingerprint density at radius 2 is 1.00 bits per heavy atom. The molecule has 0 aromatic carbocycles. The first kappa shape index (κ1) is 22.1. The van der Waals surface area contributed by atoms with Gasteiger partial charge in [0.25, 0.3) is 11.8 Å². The zero-order chi connectivity index (χ0) is 21.3. The van der Waals surface area contributed by atoms with Gasteiger partial charge in [0, 0.05) is 35.1 Å². The van der Waals surface area contributed by atoms with Crippen molar-refractivity contribution in [1.82, 2.24) is 9.80 Å². The van der Waals surface area contributed by atoms with Crippen LogP contribution in [0.25, 0.3) is 0 Å². The Hall–Kier alpha value is -2.24. The van der Waals surface area contributed by atoms with E-state index in [0.29, 0.717) is 49.9 Å². The maximum absolute atomic E-state index is 12.5. The summed E-state index contributed by atoms with van der Waals surface area (Å²) in [4.78, 5) is 52.0. The molecule has 0 N–H and O–H groups in total. The molecule has 0 spiro atoms. The number of nitrogens with zero attached hydrogens (tertiary/aromatic N) is 2. The van der Waals surface area contributed by atoms with E-state index >= 15 is 0 Å². The number of imide groups is 2. The van der Waals surface area contributed by atoms with E-state index in [-0.39, 0.29) is 23.6 Å². The van der Waals surface area contributed by atoms with Crippen LogP contribution >= 0.6 is 0 Å². The molecule has 2 fully saturated rings. The lowest BCUT2D eigenvalue weighted by molar-refractivity contribution is -0.153. The Morgan fingerprint density at radius 1 is 0.679 bits per heavy atom. The molecule has 6 heteroatoms. The van der Waals surface area contributed by atoms with Crippen molar-refractivity contribution >= 4 is 23.6 Å². The summed E-state index contributed by atoms with van der Waals surface area (Å²) in [5.74, 6) is -0.825. The van der Waals surface area contributed by atoms with Crippen LogP contribution in [0.1, 0.15) is 66.2 Å². The van der Waals surface area contributed by atoms with Crippen LogP contribution in [0.5, 0.6) is 0 Å². The second kappa shape index (κ2) is 8.02. The highest BCUT2D eigenvalue weighted by Crippen LogP contribution is 2.34. The van der Waals surface area contributed by atoms with E-state index in [0.717, 1.165) is 12.8 Å². The zero-order valence-electron chi connectivity index (χ0n) is 17.6. The van der Waals surface area contributed by atoms with Gasteiger partial charge in [0.1, 0.15) is 0 Å². The maximum atomic E-state index is 12.5. The smallest absolute Gasteiger partial charge is 0.255 e. The molecule has 0 aromatic rings. The highest BCUT2D eigenvalue weighted by molar-refractivity contribution is 6.09. The van der Waals surface area contributed by atoms with Gasteiger partial charge in [0.05, 0.1) is 0 Å². The minimum atomic E-state index is -0.588. The molecule has 0 radical (unpaired) electrons. The second-order valence-corrected chi connectivity index (χ2v) is 9.27. The minimum Gasteiger partial charge on any atom is -0.278 e. The summed E-state index contributed by atoms with van der Waals surface area (Å²) in [7, 11) is 0. The quantitative estimate of drug-likeness (QED) is 0.381. The molecule has 0 unspecified atom stereocenters. The Morgan fingerprint density at radius 3 is 1.32 bits per heavy atom. The summed E-state index contributed by atoms with van der Waals surface area (Å²) in [6, 6.07) is 0. The molecule has 0 atom stereocenters. The highest BCUT2D eigenvalue weighted by Gasteiger charge is 2.42. The summed E-state index contributed by atoms with van der Waals surface area (Å²) >= 11 is 0. The van der Waals surface area contributed by atoms with Crippen molar-refractivity contribution in [3.63, 3.8) is 0 Å². The van der Waals surface area contributed by atoms with Gasteiger partial charge in [-0.1, -0.05) is 53.7 Å². The Labute approximate surface area is 167 Å². The molecule has 0 aliphatic carbocycles. The van der Waals surface area contributed by atoms with Gasteiger partial charge in [-0.2, -0.15) is 0 Å². The van der Waals surface area contributed by atoms with Crippen LogP contribution in [0.3, 0.4) is 0 Å². The third-order valence-electron chi connectivity index (χ3n) is 5.57. The number of carbonyl (C=O) groups excluding carboxylic acids is 4. The number of rotatable bonds is 7. The molecule has 28 heavy (non-hydrogen) atoms. The number of hydrogen-bond donors (Lipinski definition) is 0. The monoisotopic (exact) mass is 388 g/mol. The van der Waals surface area contributed by atoms with Crippen molar-refractivity contribution in [1.29, 1.82) is 0 Å². The third kappa shape index (κ3) is 4.42. The van der Waals surface area contributed by atoms with Crippen LogP contribution in [0, 0.1) is 10.8 Å². The molecule has 0 bridgehead atoms. The summed E-state index contributed by atoms with van der Waals surface area (Å²) in [6.07, 6.45) is 3.82. The van der Waals surface area contributed by atoms with E-state index in [4.69, 9.17) is 0 Å². The molecule has 0 aromatic heterocycles. The van der Waals surface area contributed by atoms with Crippen LogP contribution < -0.4 is 0 Å². The first-order valence-electron chi connectivity index (χ1n) is 9.96. The largest absolute Gasteiger partial charge is 0.278 e. The number of amides is 4. The second-order valence-electron chi connectivity index (χ2n) is 9.27. The number of carbonyl (C=O) groups is 4. The summed E-state index contributed by atoms with van der Waals surface area (Å²) < 4.78 is 0. The number of unbranched alkanes of at least 4 members (excludes halogenated alkanes) is 3. The van der Waals surface area contributed by atoms with Crippen LogP contribution in [0.15, 0.2) is 24.3 Å². The van der Waals surface area contributed by atoms with Crippen molar-refractivity contribution in [3.05, 3.63) is 24.3 Å². The van der Waals surface area contributed by atoms with Gasteiger partial charge in [-0.3, -0.25) is 29.0 Å². The van der Waals surface area contributed by atoms with Gasteiger partial charge >= 0.3 is 0 Å². The normalized spacial score (nSPS) is 22.3. The van der Waals surface area contributed by atoms with Crippen molar-refractivity contribution in [2.45, 2.75) is 66.2 Å². The molecular formula is C22H32N2O4. The van der Waals surface area contributed by atoms with E-state index < -0.39 is 10.8 Å². The molecular weight excluding hydrogens is 356 g/mol. The number of piperidine rings is 2. The average Bonchev–Trinajstić information content (AvgIpc) is 2.59. The maximum Gasteiger partial charge on any atom is 0.255 e. The molecule has 2 heterocycles. The Balaban J connectivity index is 1.79. The molecule has 154 valence electrons. The third-order valence-corrected chi connectivity index (χ3v) is 5.57. The minimum absolute atomic E-state index is 0.143. The predicted molar refractivity (Wildman–Crippen MR) is 107 cm³/mol. The van der Waals surface area contributed by atoms with E-state index in [1.807, 2.05) is 27.7 Å². The molecule has 2 saturated heterocycles. The van der Waals surface area contributed by atoms with E-state index in [1.54, 1.807) is 0 Å². The summed E-state index contributed by atoms with van der Waals surface area (Å²) in [5, 5.41) is 0. The Bertz CT molecular complexity index is 671. The molecule has 2 aliphatic rings. The standard InChI is InChI=1S/C22H32N2O4/c1-15-13-21(3,4)19(27)23(17(15)25)11-9-7-8-10-12-24-18(26)16(2)14-22(5,6)20(24)28/h1-2,7-14H2,3-6H3.